The fourth-order valence-electron chi connectivity index (χ4n) is 3.63. The van der Waals surface area contributed by atoms with Crippen molar-refractivity contribution in [1.82, 2.24) is 4.98 Å². The Balaban J connectivity index is 1.48. The Morgan fingerprint density at radius 1 is 1.03 bits per heavy atom. The Kier molecular flexibility index (Phi) is 5.66. The lowest BCUT2D eigenvalue weighted by Crippen LogP contribution is -2.35. The molecule has 0 spiro atoms. The second-order valence-electron chi connectivity index (χ2n) is 7.18. The largest absolute Gasteiger partial charge is 0.326 e. The first-order valence-corrected chi connectivity index (χ1v) is 9.89. The van der Waals surface area contributed by atoms with Crippen LogP contribution < -0.4 is 10.2 Å². The lowest BCUT2D eigenvalue weighted by Gasteiger charge is -2.30. The fourth-order valence-corrected chi connectivity index (χ4v) is 3.63. The van der Waals surface area contributed by atoms with Crippen molar-refractivity contribution in [3.63, 3.8) is 0 Å². The quantitative estimate of drug-likeness (QED) is 0.714. The van der Waals surface area contributed by atoms with E-state index in [-0.39, 0.29) is 11.8 Å². The first kappa shape index (κ1) is 18.9. The molecule has 0 saturated heterocycles. The van der Waals surface area contributed by atoms with Crippen molar-refractivity contribution >= 4 is 23.2 Å². The number of carbonyl (C=O) groups is 2. The van der Waals surface area contributed by atoms with Crippen molar-refractivity contribution < 1.29 is 9.59 Å². The standard InChI is InChI=1S/C24H23N3O2/c28-23(13-10-18-6-2-1-3-7-18)26-21-12-11-19-9-5-15-27(22(19)16-21)24(29)20-8-4-14-25-17-20/h1-4,6-8,11-12,14,16-17H,5,9-10,13,15H2,(H,26,28). The number of amides is 2. The molecule has 29 heavy (non-hydrogen) atoms. The smallest absolute Gasteiger partial charge is 0.259 e. The summed E-state index contributed by atoms with van der Waals surface area (Å²) in [6.45, 7) is 0.659. The van der Waals surface area contributed by atoms with E-state index in [1.165, 1.54) is 0 Å². The maximum Gasteiger partial charge on any atom is 0.259 e. The molecule has 1 aliphatic rings. The van der Waals surface area contributed by atoms with E-state index in [9.17, 15) is 9.59 Å². The van der Waals surface area contributed by atoms with Gasteiger partial charge in [0.15, 0.2) is 0 Å². The Morgan fingerprint density at radius 2 is 1.90 bits per heavy atom. The molecule has 0 unspecified atom stereocenters. The van der Waals surface area contributed by atoms with Crippen LogP contribution in [0.3, 0.4) is 0 Å². The van der Waals surface area contributed by atoms with E-state index in [1.54, 1.807) is 29.4 Å². The number of carbonyl (C=O) groups excluding carboxylic acids is 2. The highest BCUT2D eigenvalue weighted by molar-refractivity contribution is 6.07. The van der Waals surface area contributed by atoms with E-state index >= 15 is 0 Å². The highest BCUT2D eigenvalue weighted by Gasteiger charge is 2.24. The number of fused-ring (bicyclic) bond motifs is 1. The van der Waals surface area contributed by atoms with Crippen LogP contribution in [-0.2, 0) is 17.6 Å². The van der Waals surface area contributed by atoms with Gasteiger partial charge in [0.1, 0.15) is 0 Å². The van der Waals surface area contributed by atoms with Gasteiger partial charge in [0.05, 0.1) is 5.56 Å². The van der Waals surface area contributed by atoms with Crippen LogP contribution in [0, 0.1) is 0 Å². The van der Waals surface area contributed by atoms with Crippen LogP contribution >= 0.6 is 0 Å². The molecule has 0 saturated carbocycles. The molecular weight excluding hydrogens is 362 g/mol. The number of benzene rings is 2. The second kappa shape index (κ2) is 8.69. The lowest BCUT2D eigenvalue weighted by molar-refractivity contribution is -0.116. The van der Waals surface area contributed by atoms with Gasteiger partial charge in [0.25, 0.3) is 5.91 Å². The molecule has 1 aliphatic heterocycles. The summed E-state index contributed by atoms with van der Waals surface area (Å²) in [5.74, 6) is -0.0960. The number of aryl methyl sites for hydroxylation is 2. The SMILES string of the molecule is O=C(CCc1ccccc1)Nc1ccc2c(c1)N(C(=O)c1cccnc1)CCC2. The molecule has 0 atom stereocenters. The van der Waals surface area contributed by atoms with E-state index in [2.05, 4.69) is 10.3 Å². The molecule has 5 nitrogen and oxygen atoms in total. The first-order valence-electron chi connectivity index (χ1n) is 9.89. The molecule has 1 N–H and O–H groups in total. The zero-order valence-corrected chi connectivity index (χ0v) is 16.2. The zero-order valence-electron chi connectivity index (χ0n) is 16.2. The molecule has 2 amide bonds. The van der Waals surface area contributed by atoms with E-state index in [0.29, 0.717) is 30.6 Å². The lowest BCUT2D eigenvalue weighted by atomic mass is 10.00. The monoisotopic (exact) mass is 385 g/mol. The molecule has 146 valence electrons. The number of rotatable bonds is 5. The Bertz CT molecular complexity index is 1000. The van der Waals surface area contributed by atoms with Crippen molar-refractivity contribution in [3.05, 3.63) is 89.7 Å². The van der Waals surface area contributed by atoms with E-state index in [1.807, 2.05) is 48.5 Å². The number of aromatic nitrogens is 1. The average molecular weight is 385 g/mol. The van der Waals surface area contributed by atoms with Crippen LogP contribution in [0.2, 0.25) is 0 Å². The maximum absolute atomic E-state index is 13.0. The van der Waals surface area contributed by atoms with E-state index < -0.39 is 0 Å². The van der Waals surface area contributed by atoms with Gasteiger partial charge in [-0.15, -0.1) is 0 Å². The maximum atomic E-state index is 13.0. The van der Waals surface area contributed by atoms with Crippen molar-refractivity contribution in [2.75, 3.05) is 16.8 Å². The van der Waals surface area contributed by atoms with E-state index in [0.717, 1.165) is 29.7 Å². The van der Waals surface area contributed by atoms with Crippen LogP contribution in [0.5, 0.6) is 0 Å². The second-order valence-corrected chi connectivity index (χ2v) is 7.18. The molecule has 0 fully saturated rings. The molecule has 5 heteroatoms. The molecule has 0 radical (unpaired) electrons. The van der Waals surface area contributed by atoms with E-state index in [4.69, 9.17) is 0 Å². The van der Waals surface area contributed by atoms with Crippen molar-refractivity contribution in [2.45, 2.75) is 25.7 Å². The highest BCUT2D eigenvalue weighted by Crippen LogP contribution is 2.31. The summed E-state index contributed by atoms with van der Waals surface area (Å²) in [5, 5.41) is 2.97. The molecule has 4 rings (SSSR count). The van der Waals surface area contributed by atoms with Crippen LogP contribution in [0.4, 0.5) is 11.4 Å². The predicted octanol–water partition coefficient (Wildman–Crippen LogP) is 4.25. The van der Waals surface area contributed by atoms with Gasteiger partial charge in [0, 0.05) is 36.7 Å². The number of pyridine rings is 1. The van der Waals surface area contributed by atoms with Gasteiger partial charge in [-0.25, -0.2) is 0 Å². The minimum atomic E-state index is -0.0633. The fraction of sp³-hybridized carbons (Fsp3) is 0.208. The number of nitrogens with zero attached hydrogens (tertiary/aromatic N) is 2. The van der Waals surface area contributed by atoms with Crippen molar-refractivity contribution in [2.24, 2.45) is 0 Å². The minimum absolute atomic E-state index is 0.0326. The Labute approximate surface area is 170 Å². The Hall–Kier alpha value is -3.47. The van der Waals surface area contributed by atoms with Gasteiger partial charge in [-0.3, -0.25) is 14.6 Å². The van der Waals surface area contributed by atoms with Gasteiger partial charge in [0.2, 0.25) is 5.91 Å². The molecule has 0 aliphatic carbocycles. The first-order chi connectivity index (χ1) is 14.2. The van der Waals surface area contributed by atoms with Crippen LogP contribution in [0.15, 0.2) is 73.1 Å². The number of nitrogens with one attached hydrogen (secondary N) is 1. The van der Waals surface area contributed by atoms with Gasteiger partial charge >= 0.3 is 0 Å². The molecule has 3 aromatic rings. The van der Waals surface area contributed by atoms with Crippen LogP contribution in [-0.4, -0.2) is 23.3 Å². The summed E-state index contributed by atoms with van der Waals surface area (Å²) in [6.07, 6.45) is 6.20. The summed E-state index contributed by atoms with van der Waals surface area (Å²) < 4.78 is 0. The third-order valence-electron chi connectivity index (χ3n) is 5.12. The number of anilines is 2. The zero-order chi connectivity index (χ0) is 20.1. The summed E-state index contributed by atoms with van der Waals surface area (Å²) in [7, 11) is 0. The third-order valence-corrected chi connectivity index (χ3v) is 5.12. The summed E-state index contributed by atoms with van der Waals surface area (Å²) in [5.41, 5.74) is 4.41. The molecule has 2 heterocycles. The Morgan fingerprint density at radius 3 is 2.69 bits per heavy atom. The summed E-state index contributed by atoms with van der Waals surface area (Å²) in [6, 6.07) is 19.3. The number of hydrogen-bond acceptors (Lipinski definition) is 3. The predicted molar refractivity (Wildman–Crippen MR) is 114 cm³/mol. The van der Waals surface area contributed by atoms with Crippen molar-refractivity contribution in [1.29, 1.82) is 0 Å². The molecule has 0 bridgehead atoms. The summed E-state index contributed by atoms with van der Waals surface area (Å²) in [4.78, 5) is 31.2. The van der Waals surface area contributed by atoms with Gasteiger partial charge in [-0.05, 0) is 54.7 Å². The number of hydrogen-bond donors (Lipinski definition) is 1. The van der Waals surface area contributed by atoms with Crippen LogP contribution in [0.25, 0.3) is 0 Å². The normalized spacial score (nSPS) is 12.9. The van der Waals surface area contributed by atoms with Gasteiger partial charge in [-0.1, -0.05) is 36.4 Å². The van der Waals surface area contributed by atoms with Gasteiger partial charge < -0.3 is 10.2 Å². The van der Waals surface area contributed by atoms with Crippen LogP contribution in [0.1, 0.15) is 34.3 Å². The molecule has 1 aromatic heterocycles. The average Bonchev–Trinajstić information content (AvgIpc) is 2.78. The topological polar surface area (TPSA) is 62.3 Å². The summed E-state index contributed by atoms with van der Waals surface area (Å²) >= 11 is 0. The van der Waals surface area contributed by atoms with Gasteiger partial charge in [-0.2, -0.15) is 0 Å². The third kappa shape index (κ3) is 4.51. The van der Waals surface area contributed by atoms with Crippen molar-refractivity contribution in [3.8, 4) is 0 Å². The minimum Gasteiger partial charge on any atom is -0.326 e. The molecule has 2 aromatic carbocycles. The highest BCUT2D eigenvalue weighted by atomic mass is 16.2. The molecular formula is C24H23N3O2.